The molecule has 5 aromatic rings. The lowest BCUT2D eigenvalue weighted by Crippen LogP contribution is -2.39. The SMILES string of the molecule is Cc1cn(-c2cc3[nH]c(=O)c(=O)n(OCc4ccccc4)c3cc2C(F)(F)F)c(-c2ccccc2)n1. The van der Waals surface area contributed by atoms with E-state index < -0.39 is 22.9 Å². The third-order valence-corrected chi connectivity index (χ3v) is 5.59. The summed E-state index contributed by atoms with van der Waals surface area (Å²) >= 11 is 0. The number of imidazole rings is 1. The Balaban J connectivity index is 1.74. The minimum absolute atomic E-state index is 0.000950. The molecule has 182 valence electrons. The first kappa shape index (κ1) is 23.2. The predicted molar refractivity (Wildman–Crippen MR) is 128 cm³/mol. The van der Waals surface area contributed by atoms with Crippen LogP contribution in [-0.2, 0) is 12.8 Å². The minimum atomic E-state index is -4.79. The molecule has 0 bridgehead atoms. The first-order chi connectivity index (χ1) is 17.2. The summed E-state index contributed by atoms with van der Waals surface area (Å²) in [6.07, 6.45) is -3.30. The van der Waals surface area contributed by atoms with Crippen molar-refractivity contribution in [3.05, 3.63) is 117 Å². The van der Waals surface area contributed by atoms with E-state index in [1.807, 2.05) is 0 Å². The molecule has 3 aromatic carbocycles. The molecule has 0 unspecified atom stereocenters. The zero-order valence-corrected chi connectivity index (χ0v) is 18.9. The molecule has 0 amide bonds. The Morgan fingerprint density at radius 2 is 1.64 bits per heavy atom. The van der Waals surface area contributed by atoms with Gasteiger partial charge < -0.3 is 9.82 Å². The maximum atomic E-state index is 14.3. The van der Waals surface area contributed by atoms with Crippen LogP contribution < -0.4 is 16.0 Å². The molecule has 0 spiro atoms. The molecular weight excluding hydrogens is 473 g/mol. The van der Waals surface area contributed by atoms with Gasteiger partial charge in [-0.15, -0.1) is 4.73 Å². The topological polar surface area (TPSA) is 81.9 Å². The number of hydrogen-bond donors (Lipinski definition) is 1. The highest BCUT2D eigenvalue weighted by Crippen LogP contribution is 2.37. The van der Waals surface area contributed by atoms with Gasteiger partial charge in [0.25, 0.3) is 0 Å². The van der Waals surface area contributed by atoms with Crippen molar-refractivity contribution in [1.82, 2.24) is 19.3 Å². The lowest BCUT2D eigenvalue weighted by molar-refractivity contribution is -0.137. The maximum Gasteiger partial charge on any atom is 0.418 e. The molecule has 2 aromatic heterocycles. The third-order valence-electron chi connectivity index (χ3n) is 5.59. The molecule has 0 fully saturated rings. The van der Waals surface area contributed by atoms with Crippen LogP contribution in [0.15, 0.2) is 88.6 Å². The van der Waals surface area contributed by atoms with Crippen molar-refractivity contribution in [1.29, 1.82) is 0 Å². The van der Waals surface area contributed by atoms with Gasteiger partial charge in [0.15, 0.2) is 0 Å². The zero-order valence-electron chi connectivity index (χ0n) is 18.9. The Kier molecular flexibility index (Phi) is 5.71. The highest BCUT2D eigenvalue weighted by molar-refractivity contribution is 5.80. The van der Waals surface area contributed by atoms with Crippen molar-refractivity contribution in [3.63, 3.8) is 0 Å². The number of hydrogen-bond acceptors (Lipinski definition) is 4. The minimum Gasteiger partial charge on any atom is -0.405 e. The maximum absolute atomic E-state index is 14.3. The van der Waals surface area contributed by atoms with Gasteiger partial charge in [-0.2, -0.15) is 13.2 Å². The van der Waals surface area contributed by atoms with E-state index in [4.69, 9.17) is 4.84 Å². The Hall–Kier alpha value is -4.60. The van der Waals surface area contributed by atoms with Crippen molar-refractivity contribution in [2.75, 3.05) is 0 Å². The van der Waals surface area contributed by atoms with Crippen LogP contribution in [0.5, 0.6) is 0 Å². The van der Waals surface area contributed by atoms with Crippen LogP contribution in [-0.4, -0.2) is 19.3 Å². The van der Waals surface area contributed by atoms with E-state index >= 15 is 0 Å². The Bertz CT molecular complexity index is 1670. The monoisotopic (exact) mass is 492 g/mol. The molecule has 36 heavy (non-hydrogen) atoms. The number of aromatic nitrogens is 4. The van der Waals surface area contributed by atoms with Crippen molar-refractivity contribution in [2.45, 2.75) is 19.7 Å². The first-order valence-corrected chi connectivity index (χ1v) is 10.9. The number of aryl methyl sites for hydroxylation is 1. The number of nitrogens with one attached hydrogen (secondary N) is 1. The van der Waals surface area contributed by atoms with Crippen LogP contribution in [0.2, 0.25) is 0 Å². The Labute approximate surface area is 202 Å². The van der Waals surface area contributed by atoms with Crippen LogP contribution in [0.3, 0.4) is 0 Å². The molecule has 5 rings (SSSR count). The van der Waals surface area contributed by atoms with Gasteiger partial charge in [-0.3, -0.25) is 14.2 Å². The van der Waals surface area contributed by atoms with Gasteiger partial charge in [0.05, 0.1) is 22.5 Å². The van der Waals surface area contributed by atoms with Gasteiger partial charge in [0, 0.05) is 11.8 Å². The summed E-state index contributed by atoms with van der Waals surface area (Å²) in [6, 6.07) is 19.5. The number of aromatic amines is 1. The lowest BCUT2D eigenvalue weighted by atomic mass is 10.1. The Morgan fingerprint density at radius 3 is 2.31 bits per heavy atom. The van der Waals surface area contributed by atoms with E-state index in [9.17, 15) is 22.8 Å². The van der Waals surface area contributed by atoms with Gasteiger partial charge in [-0.05, 0) is 24.6 Å². The van der Waals surface area contributed by atoms with Gasteiger partial charge >= 0.3 is 17.3 Å². The second-order valence-electron chi connectivity index (χ2n) is 8.14. The number of fused-ring (bicyclic) bond motifs is 1. The summed E-state index contributed by atoms with van der Waals surface area (Å²) in [6.45, 7) is 1.55. The average molecular weight is 492 g/mol. The van der Waals surface area contributed by atoms with E-state index in [2.05, 4.69) is 9.97 Å². The van der Waals surface area contributed by atoms with Crippen LogP contribution in [0, 0.1) is 6.92 Å². The number of halogens is 3. The summed E-state index contributed by atoms with van der Waals surface area (Å²) < 4.78 is 44.9. The van der Waals surface area contributed by atoms with Crippen LogP contribution in [0.25, 0.3) is 28.1 Å². The van der Waals surface area contributed by atoms with E-state index in [1.165, 1.54) is 16.8 Å². The first-order valence-electron chi connectivity index (χ1n) is 10.9. The summed E-state index contributed by atoms with van der Waals surface area (Å²) in [7, 11) is 0. The van der Waals surface area contributed by atoms with Crippen LogP contribution >= 0.6 is 0 Å². The molecule has 0 aliphatic rings. The fourth-order valence-electron chi connectivity index (χ4n) is 3.96. The largest absolute Gasteiger partial charge is 0.418 e. The smallest absolute Gasteiger partial charge is 0.405 e. The molecule has 0 aliphatic carbocycles. The Morgan fingerprint density at radius 1 is 0.972 bits per heavy atom. The fraction of sp³-hybridized carbons (Fsp3) is 0.115. The van der Waals surface area contributed by atoms with Gasteiger partial charge in [-0.1, -0.05) is 60.7 Å². The van der Waals surface area contributed by atoms with E-state index in [1.54, 1.807) is 67.6 Å². The number of rotatable bonds is 5. The van der Waals surface area contributed by atoms with Crippen molar-refractivity contribution >= 4 is 11.0 Å². The molecule has 0 atom stereocenters. The lowest BCUT2D eigenvalue weighted by Gasteiger charge is -2.18. The average Bonchev–Trinajstić information content (AvgIpc) is 3.26. The molecule has 2 heterocycles. The second kappa shape index (κ2) is 8.88. The van der Waals surface area contributed by atoms with Crippen LogP contribution in [0.4, 0.5) is 13.2 Å². The van der Waals surface area contributed by atoms with E-state index in [0.29, 0.717) is 27.4 Å². The van der Waals surface area contributed by atoms with E-state index in [0.717, 1.165) is 6.07 Å². The molecule has 1 N–H and O–H groups in total. The molecule has 0 saturated heterocycles. The summed E-state index contributed by atoms with van der Waals surface area (Å²) in [5.41, 5.74) is -1.84. The summed E-state index contributed by atoms with van der Waals surface area (Å²) in [4.78, 5) is 37.3. The van der Waals surface area contributed by atoms with Gasteiger partial charge in [0.1, 0.15) is 17.9 Å². The highest BCUT2D eigenvalue weighted by atomic mass is 19.4. The van der Waals surface area contributed by atoms with Crippen molar-refractivity contribution < 1.29 is 18.0 Å². The summed E-state index contributed by atoms with van der Waals surface area (Å²) in [5, 5.41) is 0. The quantitative estimate of drug-likeness (QED) is 0.367. The summed E-state index contributed by atoms with van der Waals surface area (Å²) in [5.74, 6) is 0.300. The number of alkyl halides is 3. The molecular formula is C26H19F3N4O3. The normalized spacial score (nSPS) is 11.7. The molecule has 10 heteroatoms. The second-order valence-corrected chi connectivity index (χ2v) is 8.14. The van der Waals surface area contributed by atoms with Crippen molar-refractivity contribution in [2.24, 2.45) is 0 Å². The number of nitrogens with zero attached hydrogens (tertiary/aromatic N) is 3. The van der Waals surface area contributed by atoms with Gasteiger partial charge in [-0.25, -0.2) is 4.98 Å². The third kappa shape index (κ3) is 4.28. The zero-order chi connectivity index (χ0) is 25.4. The standard InChI is InChI=1S/C26H19F3N4O3/c1-16-14-32(23(30-16)18-10-6-3-7-11-18)21-13-20-22(12-19(21)26(27,28)29)33(25(35)24(34)31-20)36-15-17-8-4-2-5-9-17/h2-14H,15H2,1H3,(H,31,34). The fourth-order valence-corrected chi connectivity index (χ4v) is 3.96. The number of H-pyrrole nitrogens is 1. The number of benzene rings is 3. The molecule has 0 aliphatic heterocycles. The highest BCUT2D eigenvalue weighted by Gasteiger charge is 2.36. The van der Waals surface area contributed by atoms with E-state index in [-0.39, 0.29) is 23.3 Å². The molecule has 7 nitrogen and oxygen atoms in total. The molecule has 0 radical (unpaired) electrons. The van der Waals surface area contributed by atoms with Gasteiger partial charge in [0.2, 0.25) is 0 Å². The van der Waals surface area contributed by atoms with Crippen molar-refractivity contribution in [3.8, 4) is 17.1 Å². The molecule has 0 saturated carbocycles. The van der Waals surface area contributed by atoms with Crippen LogP contribution in [0.1, 0.15) is 16.8 Å². The predicted octanol–water partition coefficient (Wildman–Crippen LogP) is 4.50.